The minimum atomic E-state index is -0.398. The molecule has 33 heavy (non-hydrogen) atoms. The van der Waals surface area contributed by atoms with Gasteiger partial charge in [-0.05, 0) is 79.7 Å². The first-order valence-corrected chi connectivity index (χ1v) is 11.1. The van der Waals surface area contributed by atoms with Crippen LogP contribution in [-0.4, -0.2) is 35.6 Å². The number of thioether (sulfide) groups is 1. The van der Waals surface area contributed by atoms with Crippen LogP contribution < -0.4 is 0 Å². The molecule has 1 amide bonds. The minimum Gasteiger partial charge on any atom is -0.465 e. The van der Waals surface area contributed by atoms with Crippen LogP contribution in [0.15, 0.2) is 68.9 Å². The molecule has 168 valence electrons. The van der Waals surface area contributed by atoms with Gasteiger partial charge in [-0.1, -0.05) is 6.07 Å². The van der Waals surface area contributed by atoms with E-state index in [4.69, 9.17) is 9.15 Å². The molecule has 0 aliphatic carbocycles. The lowest BCUT2D eigenvalue weighted by Gasteiger charge is -2.11. The highest BCUT2D eigenvalue weighted by Gasteiger charge is 2.32. The third kappa shape index (κ3) is 4.75. The Morgan fingerprint density at radius 3 is 2.61 bits per heavy atom. The van der Waals surface area contributed by atoms with Crippen molar-refractivity contribution in [3.05, 3.63) is 82.2 Å². The zero-order valence-corrected chi connectivity index (χ0v) is 19.1. The highest BCUT2D eigenvalue weighted by atomic mass is 32.2. The number of halogens is 1. The summed E-state index contributed by atoms with van der Waals surface area (Å²) in [6.45, 7) is 4.21. The first kappa shape index (κ1) is 22.5. The Morgan fingerprint density at radius 2 is 1.94 bits per heavy atom. The molecule has 0 N–H and O–H groups in total. The number of methoxy groups -OCH3 is 1. The fourth-order valence-electron chi connectivity index (χ4n) is 3.39. The largest absolute Gasteiger partial charge is 0.465 e. The number of carbonyl (C=O) groups excluding carboxylic acids is 2. The highest BCUT2D eigenvalue weighted by molar-refractivity contribution is 8.18. The summed E-state index contributed by atoms with van der Waals surface area (Å²) in [5.74, 6) is 0.241. The zero-order valence-electron chi connectivity index (χ0n) is 18.3. The van der Waals surface area contributed by atoms with Gasteiger partial charge in [-0.2, -0.15) is 0 Å². The highest BCUT2D eigenvalue weighted by Crippen LogP contribution is 2.35. The van der Waals surface area contributed by atoms with E-state index in [1.807, 2.05) is 19.9 Å². The van der Waals surface area contributed by atoms with E-state index in [9.17, 15) is 14.0 Å². The van der Waals surface area contributed by atoms with Crippen molar-refractivity contribution in [2.75, 3.05) is 13.7 Å². The van der Waals surface area contributed by atoms with Crippen LogP contribution in [0.1, 0.15) is 28.6 Å². The van der Waals surface area contributed by atoms with Crippen molar-refractivity contribution in [3.63, 3.8) is 0 Å². The monoisotopic (exact) mass is 464 g/mol. The summed E-state index contributed by atoms with van der Waals surface area (Å²) >= 11 is 1.24. The first-order valence-electron chi connectivity index (χ1n) is 10.2. The molecule has 0 atom stereocenters. The fraction of sp³-hybridized carbons (Fsp3) is 0.160. The summed E-state index contributed by atoms with van der Waals surface area (Å²) in [6, 6.07) is 14.6. The Kier molecular flexibility index (Phi) is 6.46. The number of nitrogens with zero attached hydrogens (tertiary/aromatic N) is 2. The number of rotatable bonds is 5. The predicted molar refractivity (Wildman–Crippen MR) is 127 cm³/mol. The predicted octanol–water partition coefficient (Wildman–Crippen LogP) is 5.80. The number of esters is 1. The molecule has 1 saturated heterocycles. The van der Waals surface area contributed by atoms with Gasteiger partial charge in [0, 0.05) is 18.2 Å². The van der Waals surface area contributed by atoms with Crippen LogP contribution in [0.4, 0.5) is 10.1 Å². The molecule has 8 heteroatoms. The molecule has 1 aliphatic rings. The van der Waals surface area contributed by atoms with E-state index < -0.39 is 5.97 Å². The van der Waals surface area contributed by atoms with E-state index in [1.54, 1.807) is 47.4 Å². The average Bonchev–Trinajstić information content (AvgIpc) is 3.39. The number of benzene rings is 2. The van der Waals surface area contributed by atoms with Crippen molar-refractivity contribution in [2.45, 2.75) is 13.8 Å². The SMILES string of the molecule is CCN1C(=O)/C(=C\c2ccc(-c3ccc(C(=O)OC)cc3C)o2)SC1=Nc1ccc(F)cc1. The molecule has 0 unspecified atom stereocenters. The van der Waals surface area contributed by atoms with Gasteiger partial charge in [-0.25, -0.2) is 14.2 Å². The van der Waals surface area contributed by atoms with Gasteiger partial charge in [0.25, 0.3) is 5.91 Å². The second-order valence-electron chi connectivity index (χ2n) is 7.25. The number of aliphatic imine (C=N–C) groups is 1. The zero-order chi connectivity index (χ0) is 23.5. The molecule has 0 spiro atoms. The Balaban J connectivity index is 1.59. The van der Waals surface area contributed by atoms with Gasteiger partial charge in [-0.3, -0.25) is 9.69 Å². The number of carbonyl (C=O) groups is 2. The summed E-state index contributed by atoms with van der Waals surface area (Å²) in [5.41, 5.74) is 2.74. The number of amides is 1. The van der Waals surface area contributed by atoms with Crippen molar-refractivity contribution >= 4 is 40.6 Å². The number of ether oxygens (including phenoxy) is 1. The van der Waals surface area contributed by atoms with Gasteiger partial charge in [0.1, 0.15) is 17.3 Å². The van der Waals surface area contributed by atoms with Gasteiger partial charge < -0.3 is 9.15 Å². The molecule has 0 saturated carbocycles. The van der Waals surface area contributed by atoms with Crippen molar-refractivity contribution in [3.8, 4) is 11.3 Å². The molecule has 2 heterocycles. The Morgan fingerprint density at radius 1 is 1.18 bits per heavy atom. The molecular weight excluding hydrogens is 443 g/mol. The molecule has 0 bridgehead atoms. The second-order valence-corrected chi connectivity index (χ2v) is 8.26. The fourth-order valence-corrected chi connectivity index (χ4v) is 4.43. The molecule has 1 aromatic heterocycles. The Labute approximate surface area is 194 Å². The van der Waals surface area contributed by atoms with Crippen LogP contribution in [0.5, 0.6) is 0 Å². The lowest BCUT2D eigenvalue weighted by molar-refractivity contribution is -0.122. The smallest absolute Gasteiger partial charge is 0.337 e. The van der Waals surface area contributed by atoms with E-state index in [0.717, 1.165) is 11.1 Å². The van der Waals surface area contributed by atoms with E-state index in [1.165, 1.54) is 31.0 Å². The van der Waals surface area contributed by atoms with Crippen LogP contribution in [0.25, 0.3) is 17.4 Å². The summed E-state index contributed by atoms with van der Waals surface area (Å²) < 4.78 is 23.9. The van der Waals surface area contributed by atoms with Crippen LogP contribution in [0.3, 0.4) is 0 Å². The number of hydrogen-bond acceptors (Lipinski definition) is 6. The normalized spacial score (nSPS) is 16.1. The van der Waals surface area contributed by atoms with Crippen LogP contribution in [0.2, 0.25) is 0 Å². The maximum absolute atomic E-state index is 13.2. The van der Waals surface area contributed by atoms with Crippen molar-refractivity contribution in [1.82, 2.24) is 4.90 Å². The van der Waals surface area contributed by atoms with Gasteiger partial charge in [-0.15, -0.1) is 0 Å². The maximum Gasteiger partial charge on any atom is 0.337 e. The van der Waals surface area contributed by atoms with Crippen molar-refractivity contribution in [2.24, 2.45) is 4.99 Å². The quantitative estimate of drug-likeness (QED) is 0.352. The summed E-state index contributed by atoms with van der Waals surface area (Å²) in [5, 5.41) is 0.529. The molecule has 6 nitrogen and oxygen atoms in total. The third-order valence-corrected chi connectivity index (χ3v) is 6.08. The summed E-state index contributed by atoms with van der Waals surface area (Å²) in [7, 11) is 1.34. The molecular formula is C25H21FN2O4S. The summed E-state index contributed by atoms with van der Waals surface area (Å²) in [6.07, 6.45) is 1.69. The van der Waals surface area contributed by atoms with Gasteiger partial charge >= 0.3 is 5.97 Å². The number of amidine groups is 1. The van der Waals surface area contributed by atoms with E-state index in [-0.39, 0.29) is 11.7 Å². The van der Waals surface area contributed by atoms with Crippen LogP contribution in [-0.2, 0) is 9.53 Å². The van der Waals surface area contributed by atoms with Crippen molar-refractivity contribution < 1.29 is 23.1 Å². The molecule has 1 fully saturated rings. The first-order chi connectivity index (χ1) is 15.9. The van der Waals surface area contributed by atoms with Gasteiger partial charge in [0.05, 0.1) is 23.3 Å². The second kappa shape index (κ2) is 9.46. The van der Waals surface area contributed by atoms with Crippen LogP contribution in [0, 0.1) is 12.7 Å². The Bertz CT molecular complexity index is 1280. The number of hydrogen-bond donors (Lipinski definition) is 0. The number of likely N-dealkylation sites (N-methyl/N-ethyl adjacent to an activating group) is 1. The third-order valence-electron chi connectivity index (χ3n) is 5.07. The summed E-state index contributed by atoms with van der Waals surface area (Å²) in [4.78, 5) is 31.1. The lowest BCUT2D eigenvalue weighted by atomic mass is 10.0. The topological polar surface area (TPSA) is 72.1 Å². The van der Waals surface area contributed by atoms with Crippen LogP contribution >= 0.6 is 11.8 Å². The Hall–Kier alpha value is -3.65. The standard InChI is InChI=1S/C25H21FN2O4S/c1-4-28-23(29)22(33-25(28)27-18-8-6-17(26)7-9-18)14-19-10-12-21(32-19)20-11-5-16(13-15(20)2)24(30)31-3/h5-14H,4H2,1-3H3/b22-14+,27-25?. The van der Waals surface area contributed by atoms with E-state index in [2.05, 4.69) is 4.99 Å². The molecule has 2 aromatic carbocycles. The number of aryl methyl sites for hydroxylation is 1. The van der Waals surface area contributed by atoms with E-state index >= 15 is 0 Å². The molecule has 4 rings (SSSR count). The van der Waals surface area contributed by atoms with Gasteiger partial charge in [0.2, 0.25) is 0 Å². The average molecular weight is 465 g/mol. The van der Waals surface area contributed by atoms with Crippen molar-refractivity contribution in [1.29, 1.82) is 0 Å². The lowest BCUT2D eigenvalue weighted by Crippen LogP contribution is -2.28. The number of furan rings is 1. The molecule has 3 aromatic rings. The van der Waals surface area contributed by atoms with E-state index in [0.29, 0.717) is 39.4 Å². The maximum atomic E-state index is 13.2. The minimum absolute atomic E-state index is 0.167. The molecule has 1 aliphatic heterocycles. The molecule has 0 radical (unpaired) electrons. The van der Waals surface area contributed by atoms with Gasteiger partial charge in [0.15, 0.2) is 5.17 Å².